The fraction of sp³-hybridized carbons (Fsp3) is 0.333. The molecule has 0 aliphatic carbocycles. The monoisotopic (exact) mass is 242 g/mol. The van der Waals surface area contributed by atoms with Crippen molar-refractivity contribution in [3.05, 3.63) is 53.5 Å². The van der Waals surface area contributed by atoms with Crippen molar-refractivity contribution in [1.29, 1.82) is 0 Å². The summed E-state index contributed by atoms with van der Waals surface area (Å²) in [6, 6.07) is 7.51. The zero-order valence-electron chi connectivity index (χ0n) is 11.0. The van der Waals surface area contributed by atoms with E-state index in [0.717, 1.165) is 23.3 Å². The van der Waals surface area contributed by atoms with Gasteiger partial charge in [-0.3, -0.25) is 0 Å². The SMILES string of the molecule is [B]/C=C\C(=C/C)CCOc1cccc(C(C)O)c1. The maximum Gasteiger partial charge on any atom is 0.119 e. The van der Waals surface area contributed by atoms with Crippen LogP contribution >= 0.6 is 0 Å². The average Bonchev–Trinajstić information content (AvgIpc) is 2.38. The van der Waals surface area contributed by atoms with Gasteiger partial charge in [0.1, 0.15) is 13.6 Å². The highest BCUT2D eigenvalue weighted by molar-refractivity contribution is 6.17. The predicted molar refractivity (Wildman–Crippen MR) is 75.8 cm³/mol. The van der Waals surface area contributed by atoms with E-state index in [1.807, 2.05) is 43.3 Å². The van der Waals surface area contributed by atoms with Crippen molar-refractivity contribution in [3.8, 4) is 5.75 Å². The summed E-state index contributed by atoms with van der Waals surface area (Å²) in [6.45, 7) is 4.31. The van der Waals surface area contributed by atoms with Crippen LogP contribution in [0.25, 0.3) is 0 Å². The van der Waals surface area contributed by atoms with Crippen LogP contribution in [0.2, 0.25) is 0 Å². The van der Waals surface area contributed by atoms with Crippen LogP contribution in [-0.4, -0.2) is 19.6 Å². The minimum atomic E-state index is -0.472. The summed E-state index contributed by atoms with van der Waals surface area (Å²) in [6.07, 6.45) is 4.22. The van der Waals surface area contributed by atoms with Crippen molar-refractivity contribution in [2.75, 3.05) is 6.61 Å². The van der Waals surface area contributed by atoms with Gasteiger partial charge < -0.3 is 9.84 Å². The molecule has 0 saturated carbocycles. The lowest BCUT2D eigenvalue weighted by Gasteiger charge is -2.09. The van der Waals surface area contributed by atoms with Gasteiger partial charge in [0.2, 0.25) is 0 Å². The summed E-state index contributed by atoms with van der Waals surface area (Å²) in [5.41, 5.74) is 2.00. The fourth-order valence-corrected chi connectivity index (χ4v) is 1.60. The van der Waals surface area contributed by atoms with E-state index in [9.17, 15) is 5.11 Å². The Morgan fingerprint density at radius 1 is 1.50 bits per heavy atom. The van der Waals surface area contributed by atoms with Crippen LogP contribution in [0.4, 0.5) is 0 Å². The first kappa shape index (κ1) is 14.6. The van der Waals surface area contributed by atoms with Crippen LogP contribution < -0.4 is 4.74 Å². The minimum Gasteiger partial charge on any atom is -0.493 e. The Bertz CT molecular complexity index is 422. The lowest BCUT2D eigenvalue weighted by molar-refractivity contribution is 0.198. The molecule has 1 atom stereocenters. The smallest absolute Gasteiger partial charge is 0.119 e. The zero-order chi connectivity index (χ0) is 13.4. The Balaban J connectivity index is 2.51. The van der Waals surface area contributed by atoms with Gasteiger partial charge in [0.05, 0.1) is 12.7 Å². The largest absolute Gasteiger partial charge is 0.493 e. The van der Waals surface area contributed by atoms with Gasteiger partial charge in [-0.05, 0) is 31.5 Å². The van der Waals surface area contributed by atoms with E-state index in [2.05, 4.69) is 0 Å². The Labute approximate surface area is 110 Å². The molecule has 0 aliphatic heterocycles. The van der Waals surface area contributed by atoms with E-state index in [1.54, 1.807) is 6.92 Å². The molecular formula is C15H19BO2. The molecule has 0 saturated heterocycles. The highest BCUT2D eigenvalue weighted by atomic mass is 16.5. The lowest BCUT2D eigenvalue weighted by Crippen LogP contribution is -1.99. The molecule has 0 fully saturated rings. The van der Waals surface area contributed by atoms with Crippen LogP contribution in [0.5, 0.6) is 5.75 Å². The molecule has 1 rings (SSSR count). The fourth-order valence-electron chi connectivity index (χ4n) is 1.60. The van der Waals surface area contributed by atoms with E-state index in [1.165, 1.54) is 5.98 Å². The molecule has 0 bridgehead atoms. The molecule has 18 heavy (non-hydrogen) atoms. The number of aliphatic hydroxyl groups excluding tert-OH is 1. The van der Waals surface area contributed by atoms with Gasteiger partial charge in [-0.2, -0.15) is 0 Å². The second-order valence-electron chi connectivity index (χ2n) is 4.07. The van der Waals surface area contributed by atoms with Gasteiger partial charge >= 0.3 is 0 Å². The molecule has 1 unspecified atom stereocenters. The van der Waals surface area contributed by atoms with E-state index in [0.29, 0.717) is 6.61 Å². The molecule has 1 aromatic rings. The molecule has 1 aromatic carbocycles. The number of benzene rings is 1. The maximum atomic E-state index is 9.48. The number of aliphatic hydroxyl groups is 1. The molecular weight excluding hydrogens is 223 g/mol. The number of rotatable bonds is 6. The number of hydrogen-bond acceptors (Lipinski definition) is 2. The third kappa shape index (κ3) is 4.80. The summed E-state index contributed by atoms with van der Waals surface area (Å²) in [5, 5.41) is 9.48. The zero-order valence-corrected chi connectivity index (χ0v) is 11.0. The second kappa shape index (κ2) is 7.77. The summed E-state index contributed by atoms with van der Waals surface area (Å²) in [5.74, 6) is 2.31. The number of hydrogen-bond donors (Lipinski definition) is 1. The van der Waals surface area contributed by atoms with Crippen molar-refractivity contribution in [3.63, 3.8) is 0 Å². The standard InChI is InChI=1S/C15H19BO2/c1-3-13(7-9-16)8-10-18-15-6-4-5-14(11-15)12(2)17/h3-7,9,11-12,17H,8,10H2,1-2H3/b9-7-,13-3+. The molecule has 0 heterocycles. The molecule has 0 aliphatic rings. The van der Waals surface area contributed by atoms with Gasteiger partial charge in [-0.1, -0.05) is 29.9 Å². The van der Waals surface area contributed by atoms with Crippen molar-refractivity contribution < 1.29 is 9.84 Å². The summed E-state index contributed by atoms with van der Waals surface area (Å²) < 4.78 is 5.65. The van der Waals surface area contributed by atoms with Gasteiger partial charge in [-0.25, -0.2) is 0 Å². The Hall–Kier alpha value is -1.48. The van der Waals surface area contributed by atoms with Crippen molar-refractivity contribution in [2.45, 2.75) is 26.4 Å². The molecule has 0 amide bonds. The summed E-state index contributed by atoms with van der Waals surface area (Å²) in [4.78, 5) is 0. The topological polar surface area (TPSA) is 29.5 Å². The van der Waals surface area contributed by atoms with Crippen molar-refractivity contribution in [2.24, 2.45) is 0 Å². The van der Waals surface area contributed by atoms with Crippen LogP contribution in [0, 0.1) is 0 Å². The van der Waals surface area contributed by atoms with Gasteiger partial charge in [0.15, 0.2) is 0 Å². The minimum absolute atomic E-state index is 0.472. The molecule has 2 radical (unpaired) electrons. The molecule has 0 aromatic heterocycles. The highest BCUT2D eigenvalue weighted by Crippen LogP contribution is 2.19. The third-order valence-electron chi connectivity index (χ3n) is 2.68. The lowest BCUT2D eigenvalue weighted by atomic mass is 10.1. The van der Waals surface area contributed by atoms with E-state index >= 15 is 0 Å². The van der Waals surface area contributed by atoms with Crippen molar-refractivity contribution in [1.82, 2.24) is 0 Å². The second-order valence-corrected chi connectivity index (χ2v) is 4.07. The maximum absolute atomic E-state index is 9.48. The molecule has 3 heteroatoms. The first-order valence-electron chi connectivity index (χ1n) is 6.11. The van der Waals surface area contributed by atoms with Gasteiger partial charge in [0.25, 0.3) is 0 Å². The van der Waals surface area contributed by atoms with E-state index in [4.69, 9.17) is 12.6 Å². The van der Waals surface area contributed by atoms with E-state index < -0.39 is 6.10 Å². The molecule has 94 valence electrons. The van der Waals surface area contributed by atoms with E-state index in [-0.39, 0.29) is 0 Å². The van der Waals surface area contributed by atoms with Crippen LogP contribution in [0.3, 0.4) is 0 Å². The van der Waals surface area contributed by atoms with Crippen LogP contribution in [0.15, 0.2) is 48.0 Å². The summed E-state index contributed by atoms with van der Waals surface area (Å²) >= 11 is 0. The molecule has 0 spiro atoms. The normalized spacial score (nSPS) is 13.8. The van der Waals surface area contributed by atoms with Crippen molar-refractivity contribution >= 4 is 7.85 Å². The first-order chi connectivity index (χ1) is 8.67. The van der Waals surface area contributed by atoms with Crippen LogP contribution in [0.1, 0.15) is 31.9 Å². The first-order valence-corrected chi connectivity index (χ1v) is 6.11. The molecule has 2 nitrogen and oxygen atoms in total. The Morgan fingerprint density at radius 2 is 2.28 bits per heavy atom. The predicted octanol–water partition coefficient (Wildman–Crippen LogP) is 3.14. The number of ether oxygens (including phenoxy) is 1. The highest BCUT2D eigenvalue weighted by Gasteiger charge is 2.02. The Morgan fingerprint density at radius 3 is 2.89 bits per heavy atom. The molecule has 1 N–H and O–H groups in total. The third-order valence-corrected chi connectivity index (χ3v) is 2.68. The van der Waals surface area contributed by atoms with Gasteiger partial charge in [0, 0.05) is 6.42 Å². The summed E-state index contributed by atoms with van der Waals surface area (Å²) in [7, 11) is 5.35. The van der Waals surface area contributed by atoms with Gasteiger partial charge in [-0.15, -0.1) is 5.98 Å². The quantitative estimate of drug-likeness (QED) is 0.613. The number of allylic oxidation sites excluding steroid dienone is 2. The average molecular weight is 242 g/mol. The van der Waals surface area contributed by atoms with Crippen LogP contribution in [-0.2, 0) is 0 Å². The Kier molecular flexibility index (Phi) is 6.30.